The molecule has 0 fully saturated rings. The van der Waals surface area contributed by atoms with Gasteiger partial charge in [0.15, 0.2) is 5.76 Å². The number of aryl methyl sites for hydroxylation is 1. The fraction of sp³-hybridized carbons (Fsp3) is 0.333. The van der Waals surface area contributed by atoms with E-state index in [9.17, 15) is 0 Å². The van der Waals surface area contributed by atoms with Crippen molar-refractivity contribution in [2.24, 2.45) is 0 Å². The van der Waals surface area contributed by atoms with Gasteiger partial charge in [-0.2, -0.15) is 0 Å². The highest BCUT2D eigenvalue weighted by Gasteiger charge is 1.99. The third kappa shape index (κ3) is 3.17. The van der Waals surface area contributed by atoms with Gasteiger partial charge in [-0.15, -0.1) is 0 Å². The Morgan fingerprint density at radius 1 is 1.31 bits per heavy atom. The number of aromatic nitrogens is 2. The third-order valence-corrected chi connectivity index (χ3v) is 2.32. The monoisotopic (exact) mass is 217 g/mol. The lowest BCUT2D eigenvalue weighted by Crippen LogP contribution is -2.16. The van der Waals surface area contributed by atoms with E-state index >= 15 is 0 Å². The largest absolute Gasteiger partial charge is 0.360 e. The minimum Gasteiger partial charge on any atom is -0.360 e. The maximum absolute atomic E-state index is 5.09. The second-order valence-electron chi connectivity index (χ2n) is 3.72. The van der Waals surface area contributed by atoms with E-state index in [0.717, 1.165) is 31.0 Å². The van der Waals surface area contributed by atoms with Crippen molar-refractivity contribution in [2.45, 2.75) is 19.9 Å². The summed E-state index contributed by atoms with van der Waals surface area (Å²) in [4.78, 5) is 3.98. The van der Waals surface area contributed by atoms with Crippen LogP contribution in [0.25, 0.3) is 0 Å². The fourth-order valence-electron chi connectivity index (χ4n) is 1.49. The van der Waals surface area contributed by atoms with Gasteiger partial charge in [-0.3, -0.25) is 4.98 Å². The van der Waals surface area contributed by atoms with Crippen molar-refractivity contribution in [1.29, 1.82) is 0 Å². The van der Waals surface area contributed by atoms with Crippen LogP contribution in [-0.4, -0.2) is 16.7 Å². The van der Waals surface area contributed by atoms with Gasteiger partial charge in [-0.05, 0) is 37.6 Å². The van der Waals surface area contributed by atoms with Crippen molar-refractivity contribution in [1.82, 2.24) is 15.5 Å². The maximum Gasteiger partial charge on any atom is 0.150 e. The first kappa shape index (κ1) is 10.8. The third-order valence-electron chi connectivity index (χ3n) is 2.32. The van der Waals surface area contributed by atoms with Gasteiger partial charge in [0.1, 0.15) is 0 Å². The molecule has 4 heteroatoms. The highest BCUT2D eigenvalue weighted by atomic mass is 16.5. The lowest BCUT2D eigenvalue weighted by Gasteiger charge is -2.01. The van der Waals surface area contributed by atoms with Gasteiger partial charge < -0.3 is 9.84 Å². The molecule has 84 valence electrons. The highest BCUT2D eigenvalue weighted by molar-refractivity contribution is 5.10. The van der Waals surface area contributed by atoms with Crippen LogP contribution in [0.4, 0.5) is 0 Å². The van der Waals surface area contributed by atoms with Gasteiger partial charge in [0.25, 0.3) is 0 Å². The smallest absolute Gasteiger partial charge is 0.150 e. The first-order chi connectivity index (χ1) is 7.84. The second-order valence-corrected chi connectivity index (χ2v) is 3.72. The number of rotatable bonds is 5. The SMILES string of the molecule is Cc1cc(CNCCc2ccncc2)on1. The number of nitrogens with one attached hydrogen (secondary N) is 1. The van der Waals surface area contributed by atoms with Crippen LogP contribution in [0, 0.1) is 6.92 Å². The number of hydrogen-bond acceptors (Lipinski definition) is 4. The quantitative estimate of drug-likeness (QED) is 0.775. The molecule has 2 rings (SSSR count). The lowest BCUT2D eigenvalue weighted by atomic mass is 10.2. The standard InChI is InChI=1S/C12H15N3O/c1-10-8-12(16-15-10)9-14-7-4-11-2-5-13-6-3-11/h2-3,5-6,8,14H,4,7,9H2,1H3. The van der Waals surface area contributed by atoms with Gasteiger partial charge in [0.05, 0.1) is 12.2 Å². The molecule has 0 saturated heterocycles. The van der Waals surface area contributed by atoms with E-state index in [1.165, 1.54) is 5.56 Å². The summed E-state index contributed by atoms with van der Waals surface area (Å²) in [5.41, 5.74) is 2.21. The highest BCUT2D eigenvalue weighted by Crippen LogP contribution is 2.01. The molecule has 0 radical (unpaired) electrons. The molecule has 0 aliphatic rings. The molecule has 0 aliphatic heterocycles. The summed E-state index contributed by atoms with van der Waals surface area (Å²) in [6, 6.07) is 6.00. The molecule has 0 saturated carbocycles. The van der Waals surface area contributed by atoms with Crippen molar-refractivity contribution in [3.63, 3.8) is 0 Å². The molecule has 0 atom stereocenters. The summed E-state index contributed by atoms with van der Waals surface area (Å²) in [5, 5.41) is 7.14. The normalized spacial score (nSPS) is 10.6. The Kier molecular flexibility index (Phi) is 3.66. The molecule has 0 bridgehead atoms. The summed E-state index contributed by atoms with van der Waals surface area (Å²) in [5.74, 6) is 0.882. The summed E-state index contributed by atoms with van der Waals surface area (Å²) >= 11 is 0. The number of nitrogens with zero attached hydrogens (tertiary/aromatic N) is 2. The topological polar surface area (TPSA) is 51.0 Å². The zero-order valence-electron chi connectivity index (χ0n) is 9.31. The van der Waals surface area contributed by atoms with E-state index < -0.39 is 0 Å². The molecular formula is C12H15N3O. The summed E-state index contributed by atoms with van der Waals surface area (Å²) in [7, 11) is 0. The molecule has 0 spiro atoms. The van der Waals surface area contributed by atoms with Crippen LogP contribution in [0.1, 0.15) is 17.0 Å². The van der Waals surface area contributed by atoms with E-state index in [1.54, 1.807) is 0 Å². The molecule has 2 heterocycles. The second kappa shape index (κ2) is 5.42. The number of pyridine rings is 1. The summed E-state index contributed by atoms with van der Waals surface area (Å²) < 4.78 is 5.09. The zero-order valence-corrected chi connectivity index (χ0v) is 9.31. The molecule has 0 aliphatic carbocycles. The van der Waals surface area contributed by atoms with Gasteiger partial charge in [0, 0.05) is 18.5 Å². The van der Waals surface area contributed by atoms with Crippen molar-refractivity contribution in [3.05, 3.63) is 47.6 Å². The van der Waals surface area contributed by atoms with Crippen molar-refractivity contribution >= 4 is 0 Å². The van der Waals surface area contributed by atoms with Gasteiger partial charge in [-0.25, -0.2) is 0 Å². The Hall–Kier alpha value is -1.68. The first-order valence-corrected chi connectivity index (χ1v) is 5.36. The molecule has 2 aromatic heterocycles. The maximum atomic E-state index is 5.09. The lowest BCUT2D eigenvalue weighted by molar-refractivity contribution is 0.370. The van der Waals surface area contributed by atoms with Gasteiger partial charge >= 0.3 is 0 Å². The van der Waals surface area contributed by atoms with E-state index in [1.807, 2.05) is 37.5 Å². The Bertz CT molecular complexity index is 425. The molecular weight excluding hydrogens is 202 g/mol. The van der Waals surface area contributed by atoms with Crippen LogP contribution in [0.3, 0.4) is 0 Å². The van der Waals surface area contributed by atoms with Crippen LogP contribution in [0.15, 0.2) is 35.1 Å². The van der Waals surface area contributed by atoms with Crippen LogP contribution in [-0.2, 0) is 13.0 Å². The van der Waals surface area contributed by atoms with E-state index in [0.29, 0.717) is 0 Å². The minimum absolute atomic E-state index is 0.728. The van der Waals surface area contributed by atoms with Gasteiger partial charge in [-0.1, -0.05) is 5.16 Å². The van der Waals surface area contributed by atoms with Crippen LogP contribution < -0.4 is 5.32 Å². The fourth-order valence-corrected chi connectivity index (χ4v) is 1.49. The predicted molar refractivity (Wildman–Crippen MR) is 60.9 cm³/mol. The average molecular weight is 217 g/mol. The Balaban J connectivity index is 1.69. The van der Waals surface area contributed by atoms with E-state index in [2.05, 4.69) is 15.5 Å². The molecule has 0 aromatic carbocycles. The Labute approximate surface area is 94.7 Å². The minimum atomic E-state index is 0.728. The molecule has 4 nitrogen and oxygen atoms in total. The van der Waals surface area contributed by atoms with Gasteiger partial charge in [0.2, 0.25) is 0 Å². The summed E-state index contributed by atoms with van der Waals surface area (Å²) in [6.07, 6.45) is 4.62. The summed E-state index contributed by atoms with van der Waals surface area (Å²) in [6.45, 7) is 3.57. The van der Waals surface area contributed by atoms with Crippen molar-refractivity contribution in [2.75, 3.05) is 6.54 Å². The molecule has 1 N–H and O–H groups in total. The Morgan fingerprint density at radius 2 is 2.12 bits per heavy atom. The molecule has 0 amide bonds. The number of hydrogen-bond donors (Lipinski definition) is 1. The van der Waals surface area contributed by atoms with E-state index in [-0.39, 0.29) is 0 Å². The van der Waals surface area contributed by atoms with Crippen molar-refractivity contribution < 1.29 is 4.52 Å². The average Bonchev–Trinajstić information content (AvgIpc) is 2.72. The van der Waals surface area contributed by atoms with E-state index in [4.69, 9.17) is 4.52 Å². The van der Waals surface area contributed by atoms with Crippen LogP contribution in [0.2, 0.25) is 0 Å². The molecule has 16 heavy (non-hydrogen) atoms. The molecule has 0 unspecified atom stereocenters. The Morgan fingerprint density at radius 3 is 2.81 bits per heavy atom. The first-order valence-electron chi connectivity index (χ1n) is 5.36. The van der Waals surface area contributed by atoms with Crippen LogP contribution >= 0.6 is 0 Å². The molecule has 2 aromatic rings. The predicted octanol–water partition coefficient (Wildman–Crippen LogP) is 1.71. The van der Waals surface area contributed by atoms with Crippen molar-refractivity contribution in [3.8, 4) is 0 Å². The van der Waals surface area contributed by atoms with Crippen LogP contribution in [0.5, 0.6) is 0 Å². The zero-order chi connectivity index (χ0) is 11.2.